The maximum atomic E-state index is 4.26. The van der Waals surface area contributed by atoms with E-state index in [0.29, 0.717) is 6.04 Å². The van der Waals surface area contributed by atoms with Crippen LogP contribution in [0, 0.1) is 0 Å². The minimum atomic E-state index is 0.576. The number of likely N-dealkylation sites (N-methyl/N-ethyl adjacent to an activating group) is 1. The van der Waals surface area contributed by atoms with Crippen LogP contribution in [0.15, 0.2) is 18.5 Å². The quantitative estimate of drug-likeness (QED) is 0.747. The third-order valence-corrected chi connectivity index (χ3v) is 2.66. The molecule has 14 heavy (non-hydrogen) atoms. The van der Waals surface area contributed by atoms with Gasteiger partial charge in [0.2, 0.25) is 5.95 Å². The van der Waals surface area contributed by atoms with Gasteiger partial charge in [0.15, 0.2) is 0 Å². The first-order valence-corrected chi connectivity index (χ1v) is 5.09. The molecule has 1 aliphatic heterocycles. The van der Waals surface area contributed by atoms with Crippen LogP contribution in [0.3, 0.4) is 0 Å². The summed E-state index contributed by atoms with van der Waals surface area (Å²) < 4.78 is 0. The molecule has 1 aromatic heterocycles. The molecule has 0 aliphatic carbocycles. The Morgan fingerprint density at radius 2 is 2.21 bits per heavy atom. The van der Waals surface area contributed by atoms with Crippen LogP contribution in [0.2, 0.25) is 0 Å². The van der Waals surface area contributed by atoms with E-state index in [1.165, 1.54) is 12.8 Å². The molecule has 1 aliphatic rings. The summed E-state index contributed by atoms with van der Waals surface area (Å²) in [6.07, 6.45) is 6.06. The molecule has 76 valence electrons. The van der Waals surface area contributed by atoms with Crippen molar-refractivity contribution in [3.63, 3.8) is 0 Å². The van der Waals surface area contributed by atoms with E-state index in [9.17, 15) is 0 Å². The molecule has 1 N–H and O–H groups in total. The van der Waals surface area contributed by atoms with Gasteiger partial charge in [-0.1, -0.05) is 0 Å². The second-order valence-corrected chi connectivity index (χ2v) is 3.62. The summed E-state index contributed by atoms with van der Waals surface area (Å²) >= 11 is 0. The zero-order valence-corrected chi connectivity index (χ0v) is 8.48. The molecule has 2 rings (SSSR count). The van der Waals surface area contributed by atoms with E-state index < -0.39 is 0 Å². The monoisotopic (exact) mass is 192 g/mol. The molecule has 1 unspecified atom stereocenters. The molecule has 4 heteroatoms. The van der Waals surface area contributed by atoms with Gasteiger partial charge in [-0.05, 0) is 26.0 Å². The molecule has 0 aromatic carbocycles. The van der Waals surface area contributed by atoms with Crippen LogP contribution in [0.4, 0.5) is 5.95 Å². The summed E-state index contributed by atoms with van der Waals surface area (Å²) in [6.45, 7) is 2.09. The molecule has 0 spiro atoms. The van der Waals surface area contributed by atoms with Gasteiger partial charge >= 0.3 is 0 Å². The number of hydrogen-bond acceptors (Lipinski definition) is 4. The Bertz CT molecular complexity index is 275. The molecule has 1 atom stereocenters. The number of rotatable bonds is 2. The Labute approximate surface area is 84.4 Å². The highest BCUT2D eigenvalue weighted by atomic mass is 15.3. The molecule has 1 saturated heterocycles. The van der Waals surface area contributed by atoms with Crippen LogP contribution in [0.1, 0.15) is 12.8 Å². The van der Waals surface area contributed by atoms with Crippen LogP contribution in [0.5, 0.6) is 0 Å². The zero-order valence-electron chi connectivity index (χ0n) is 8.48. The predicted octanol–water partition coefficient (Wildman–Crippen LogP) is 0.665. The summed E-state index contributed by atoms with van der Waals surface area (Å²) in [4.78, 5) is 10.8. The Morgan fingerprint density at radius 1 is 1.43 bits per heavy atom. The lowest BCUT2D eigenvalue weighted by Crippen LogP contribution is -2.45. The van der Waals surface area contributed by atoms with Gasteiger partial charge in [0, 0.05) is 31.5 Å². The van der Waals surface area contributed by atoms with Gasteiger partial charge in [-0.15, -0.1) is 0 Å². The number of anilines is 1. The van der Waals surface area contributed by atoms with Gasteiger partial charge in [0.25, 0.3) is 0 Å². The maximum absolute atomic E-state index is 4.26. The predicted molar refractivity (Wildman–Crippen MR) is 56.3 cm³/mol. The maximum Gasteiger partial charge on any atom is 0.225 e. The number of hydrogen-bond donors (Lipinski definition) is 1. The van der Waals surface area contributed by atoms with E-state index in [1.807, 2.05) is 13.1 Å². The highest BCUT2D eigenvalue weighted by Gasteiger charge is 2.19. The first-order valence-electron chi connectivity index (χ1n) is 5.09. The van der Waals surface area contributed by atoms with Crippen molar-refractivity contribution in [1.29, 1.82) is 0 Å². The van der Waals surface area contributed by atoms with Crippen LogP contribution in [-0.2, 0) is 0 Å². The van der Waals surface area contributed by atoms with Gasteiger partial charge in [0.05, 0.1) is 0 Å². The van der Waals surface area contributed by atoms with Crippen LogP contribution < -0.4 is 10.2 Å². The van der Waals surface area contributed by atoms with Crippen molar-refractivity contribution in [2.45, 2.75) is 18.9 Å². The summed E-state index contributed by atoms with van der Waals surface area (Å²) in [6, 6.07) is 2.43. The summed E-state index contributed by atoms with van der Waals surface area (Å²) in [5, 5.41) is 3.31. The number of nitrogens with zero attached hydrogens (tertiary/aromatic N) is 3. The van der Waals surface area contributed by atoms with E-state index in [2.05, 4.69) is 20.2 Å². The topological polar surface area (TPSA) is 41.0 Å². The fraction of sp³-hybridized carbons (Fsp3) is 0.600. The number of piperidine rings is 1. The first-order chi connectivity index (χ1) is 6.90. The summed E-state index contributed by atoms with van der Waals surface area (Å²) in [5.41, 5.74) is 0. The number of nitrogens with one attached hydrogen (secondary N) is 1. The molecule has 0 bridgehead atoms. The second-order valence-electron chi connectivity index (χ2n) is 3.62. The molecule has 0 amide bonds. The normalized spacial score (nSPS) is 22.4. The van der Waals surface area contributed by atoms with Crippen LogP contribution in [0.25, 0.3) is 0 Å². The molecule has 1 aromatic rings. The van der Waals surface area contributed by atoms with Gasteiger partial charge in [-0.2, -0.15) is 0 Å². The zero-order chi connectivity index (χ0) is 9.80. The molecular weight excluding hydrogens is 176 g/mol. The van der Waals surface area contributed by atoms with E-state index >= 15 is 0 Å². The SMILES string of the molecule is CNC1CCCN(c2ncccn2)C1. The van der Waals surface area contributed by atoms with E-state index in [-0.39, 0.29) is 0 Å². The van der Waals surface area contributed by atoms with Crippen molar-refractivity contribution in [3.8, 4) is 0 Å². The van der Waals surface area contributed by atoms with Gasteiger partial charge in [-0.3, -0.25) is 0 Å². The van der Waals surface area contributed by atoms with Crippen molar-refractivity contribution in [1.82, 2.24) is 15.3 Å². The molecule has 0 saturated carbocycles. The number of aromatic nitrogens is 2. The molecular formula is C10H16N4. The minimum Gasteiger partial charge on any atom is -0.339 e. The van der Waals surface area contributed by atoms with Crippen molar-refractivity contribution in [2.24, 2.45) is 0 Å². The second kappa shape index (κ2) is 4.37. The van der Waals surface area contributed by atoms with Crippen molar-refractivity contribution >= 4 is 5.95 Å². The summed E-state index contributed by atoms with van der Waals surface area (Å²) in [5.74, 6) is 0.854. The average molecular weight is 192 g/mol. The molecule has 0 radical (unpaired) electrons. The molecule has 1 fully saturated rings. The summed E-state index contributed by atoms with van der Waals surface area (Å²) in [7, 11) is 2.01. The first kappa shape index (κ1) is 9.40. The average Bonchev–Trinajstić information content (AvgIpc) is 2.30. The van der Waals surface area contributed by atoms with Crippen LogP contribution >= 0.6 is 0 Å². The van der Waals surface area contributed by atoms with Crippen molar-refractivity contribution < 1.29 is 0 Å². The van der Waals surface area contributed by atoms with Crippen LogP contribution in [-0.4, -0.2) is 36.1 Å². The standard InChI is InChI=1S/C10H16N4/c1-11-9-4-2-7-14(8-9)10-12-5-3-6-13-10/h3,5-6,9,11H,2,4,7-8H2,1H3. The Morgan fingerprint density at radius 3 is 2.93 bits per heavy atom. The molecule has 4 nitrogen and oxygen atoms in total. The lowest BCUT2D eigenvalue weighted by atomic mass is 10.1. The fourth-order valence-electron chi connectivity index (χ4n) is 1.85. The van der Waals surface area contributed by atoms with Gasteiger partial charge < -0.3 is 10.2 Å². The highest BCUT2D eigenvalue weighted by Crippen LogP contribution is 2.14. The Hall–Kier alpha value is -1.16. The van der Waals surface area contributed by atoms with E-state index in [1.54, 1.807) is 12.4 Å². The van der Waals surface area contributed by atoms with Gasteiger partial charge in [-0.25, -0.2) is 9.97 Å². The Balaban J connectivity index is 2.04. The highest BCUT2D eigenvalue weighted by molar-refractivity contribution is 5.29. The minimum absolute atomic E-state index is 0.576. The fourth-order valence-corrected chi connectivity index (χ4v) is 1.85. The van der Waals surface area contributed by atoms with Crippen molar-refractivity contribution in [2.75, 3.05) is 25.0 Å². The molecule has 2 heterocycles. The van der Waals surface area contributed by atoms with Crippen molar-refractivity contribution in [3.05, 3.63) is 18.5 Å². The smallest absolute Gasteiger partial charge is 0.225 e. The Kier molecular flexibility index (Phi) is 2.93. The van der Waals surface area contributed by atoms with Gasteiger partial charge in [0.1, 0.15) is 0 Å². The van der Waals surface area contributed by atoms with E-state index in [0.717, 1.165) is 19.0 Å². The van der Waals surface area contributed by atoms with E-state index in [4.69, 9.17) is 0 Å². The largest absolute Gasteiger partial charge is 0.339 e. The lowest BCUT2D eigenvalue weighted by molar-refractivity contribution is 0.445. The third-order valence-electron chi connectivity index (χ3n) is 2.66. The lowest BCUT2D eigenvalue weighted by Gasteiger charge is -2.32. The third kappa shape index (κ3) is 2.01.